The van der Waals surface area contributed by atoms with Crippen molar-refractivity contribution in [2.24, 2.45) is 5.73 Å². The Morgan fingerprint density at radius 3 is 2.32 bits per heavy atom. The maximum Gasteiger partial charge on any atom is 0.119 e. The molecule has 0 saturated heterocycles. The fourth-order valence-corrected chi connectivity index (χ4v) is 2.02. The summed E-state index contributed by atoms with van der Waals surface area (Å²) >= 11 is 0. The summed E-state index contributed by atoms with van der Waals surface area (Å²) in [6, 6.07) is 18.2. The van der Waals surface area contributed by atoms with Crippen LogP contribution in [0.1, 0.15) is 30.5 Å². The first-order valence-electron chi connectivity index (χ1n) is 6.82. The molecule has 0 aliphatic rings. The molecule has 1 atom stereocenters. The van der Waals surface area contributed by atoms with Crippen molar-refractivity contribution < 1.29 is 4.74 Å². The highest BCUT2D eigenvalue weighted by atomic mass is 16.5. The molecule has 2 nitrogen and oxygen atoms in total. The normalized spacial score (nSPS) is 12.1. The van der Waals surface area contributed by atoms with Gasteiger partial charge in [-0.3, -0.25) is 0 Å². The first-order chi connectivity index (χ1) is 9.29. The minimum Gasteiger partial charge on any atom is -0.492 e. The van der Waals surface area contributed by atoms with Crippen molar-refractivity contribution in [3.63, 3.8) is 0 Å². The summed E-state index contributed by atoms with van der Waals surface area (Å²) in [6.45, 7) is 2.68. The quantitative estimate of drug-likeness (QED) is 0.854. The Morgan fingerprint density at radius 2 is 1.68 bits per heavy atom. The fourth-order valence-electron chi connectivity index (χ4n) is 2.02. The van der Waals surface area contributed by atoms with E-state index in [1.807, 2.05) is 42.5 Å². The van der Waals surface area contributed by atoms with Crippen LogP contribution in [0.25, 0.3) is 0 Å². The van der Waals surface area contributed by atoms with Crippen LogP contribution in [-0.4, -0.2) is 6.61 Å². The van der Waals surface area contributed by atoms with Crippen molar-refractivity contribution in [3.8, 4) is 5.75 Å². The van der Waals surface area contributed by atoms with Crippen molar-refractivity contribution >= 4 is 0 Å². The van der Waals surface area contributed by atoms with Gasteiger partial charge in [0.25, 0.3) is 0 Å². The Kier molecular flexibility index (Phi) is 4.99. The van der Waals surface area contributed by atoms with Crippen molar-refractivity contribution in [1.82, 2.24) is 0 Å². The Morgan fingerprint density at radius 1 is 1.00 bits per heavy atom. The molecule has 19 heavy (non-hydrogen) atoms. The molecule has 0 saturated carbocycles. The van der Waals surface area contributed by atoms with Gasteiger partial charge in [-0.25, -0.2) is 0 Å². The van der Waals surface area contributed by atoms with Gasteiger partial charge >= 0.3 is 0 Å². The maximum atomic E-state index is 6.10. The minimum atomic E-state index is -0.0866. The van der Waals surface area contributed by atoms with Crippen molar-refractivity contribution in [2.45, 2.75) is 25.8 Å². The largest absolute Gasteiger partial charge is 0.492 e. The highest BCUT2D eigenvalue weighted by molar-refractivity contribution is 5.27. The Balaban J connectivity index is 1.88. The molecular formula is C17H21NO. The van der Waals surface area contributed by atoms with Crippen LogP contribution >= 0.6 is 0 Å². The molecule has 0 radical (unpaired) electrons. The first kappa shape index (κ1) is 13.6. The van der Waals surface area contributed by atoms with Crippen LogP contribution in [0.4, 0.5) is 0 Å². The van der Waals surface area contributed by atoms with Crippen LogP contribution in [0, 0.1) is 0 Å². The fraction of sp³-hybridized carbons (Fsp3) is 0.294. The van der Waals surface area contributed by atoms with Crippen molar-refractivity contribution in [1.29, 1.82) is 0 Å². The molecule has 1 unspecified atom stereocenters. The third kappa shape index (κ3) is 4.11. The number of nitrogens with two attached hydrogens (primary N) is 1. The lowest BCUT2D eigenvalue weighted by molar-refractivity contribution is 0.290. The van der Waals surface area contributed by atoms with Gasteiger partial charge in [0, 0.05) is 0 Å². The number of hydrogen-bond acceptors (Lipinski definition) is 2. The van der Waals surface area contributed by atoms with E-state index in [0.717, 1.165) is 17.7 Å². The lowest BCUT2D eigenvalue weighted by Crippen LogP contribution is -2.18. The number of aryl methyl sites for hydroxylation is 1. The highest BCUT2D eigenvalue weighted by Crippen LogP contribution is 2.16. The lowest BCUT2D eigenvalue weighted by atomic mass is 10.1. The van der Waals surface area contributed by atoms with E-state index in [9.17, 15) is 0 Å². The van der Waals surface area contributed by atoms with Crippen LogP contribution in [-0.2, 0) is 6.42 Å². The molecular weight excluding hydrogens is 234 g/mol. The van der Waals surface area contributed by atoms with Crippen LogP contribution in [0.2, 0.25) is 0 Å². The summed E-state index contributed by atoms with van der Waals surface area (Å²) in [5, 5.41) is 0. The van der Waals surface area contributed by atoms with Gasteiger partial charge in [0.1, 0.15) is 12.4 Å². The molecule has 0 aliphatic carbocycles. The molecule has 0 aliphatic heterocycles. The van der Waals surface area contributed by atoms with E-state index in [0.29, 0.717) is 6.61 Å². The zero-order valence-corrected chi connectivity index (χ0v) is 11.4. The average molecular weight is 255 g/mol. The van der Waals surface area contributed by atoms with Gasteiger partial charge in [0.15, 0.2) is 0 Å². The maximum absolute atomic E-state index is 6.10. The molecule has 0 bridgehead atoms. The van der Waals surface area contributed by atoms with Crippen LogP contribution < -0.4 is 10.5 Å². The molecule has 2 aromatic rings. The van der Waals surface area contributed by atoms with Crippen LogP contribution in [0.3, 0.4) is 0 Å². The predicted molar refractivity (Wildman–Crippen MR) is 79.3 cm³/mol. The third-order valence-corrected chi connectivity index (χ3v) is 3.12. The summed E-state index contributed by atoms with van der Waals surface area (Å²) in [5.41, 5.74) is 8.55. The van der Waals surface area contributed by atoms with Gasteiger partial charge < -0.3 is 10.5 Å². The Hall–Kier alpha value is -1.80. The number of ether oxygens (including phenoxy) is 1. The molecule has 0 fully saturated rings. The van der Waals surface area contributed by atoms with E-state index in [2.05, 4.69) is 19.1 Å². The number of benzene rings is 2. The molecule has 2 aromatic carbocycles. The Labute approximate surface area is 115 Å². The third-order valence-electron chi connectivity index (χ3n) is 3.12. The Bertz CT molecular complexity index is 478. The van der Waals surface area contributed by atoms with Gasteiger partial charge in [-0.2, -0.15) is 0 Å². The van der Waals surface area contributed by atoms with Crippen LogP contribution in [0.5, 0.6) is 5.75 Å². The molecule has 100 valence electrons. The predicted octanol–water partition coefficient (Wildman–Crippen LogP) is 3.72. The van der Waals surface area contributed by atoms with Gasteiger partial charge in [-0.05, 0) is 29.7 Å². The van der Waals surface area contributed by atoms with E-state index in [1.165, 1.54) is 12.0 Å². The minimum absolute atomic E-state index is 0.0866. The summed E-state index contributed by atoms with van der Waals surface area (Å²) < 4.78 is 5.73. The second kappa shape index (κ2) is 6.95. The molecule has 2 heteroatoms. The molecule has 2 rings (SSSR count). The summed E-state index contributed by atoms with van der Waals surface area (Å²) in [7, 11) is 0. The zero-order chi connectivity index (χ0) is 13.5. The van der Waals surface area contributed by atoms with E-state index in [1.54, 1.807) is 0 Å². The lowest BCUT2D eigenvalue weighted by Gasteiger charge is -2.13. The monoisotopic (exact) mass is 255 g/mol. The van der Waals surface area contributed by atoms with E-state index >= 15 is 0 Å². The van der Waals surface area contributed by atoms with Crippen LogP contribution in [0.15, 0.2) is 54.6 Å². The van der Waals surface area contributed by atoms with E-state index in [4.69, 9.17) is 10.5 Å². The van der Waals surface area contributed by atoms with Crippen molar-refractivity contribution in [2.75, 3.05) is 6.61 Å². The molecule has 0 spiro atoms. The van der Waals surface area contributed by atoms with Gasteiger partial charge in [-0.15, -0.1) is 0 Å². The van der Waals surface area contributed by atoms with Gasteiger partial charge in [0.2, 0.25) is 0 Å². The standard InChI is InChI=1S/C17H21NO/c1-2-6-14-9-11-16(12-10-14)19-13-17(18)15-7-4-3-5-8-15/h3-5,7-12,17H,2,6,13,18H2,1H3. The average Bonchev–Trinajstić information content (AvgIpc) is 2.47. The van der Waals surface area contributed by atoms with E-state index < -0.39 is 0 Å². The topological polar surface area (TPSA) is 35.2 Å². The van der Waals surface area contributed by atoms with Gasteiger partial charge in [0.05, 0.1) is 6.04 Å². The molecule has 0 aromatic heterocycles. The molecule has 0 amide bonds. The number of hydrogen-bond donors (Lipinski definition) is 1. The smallest absolute Gasteiger partial charge is 0.119 e. The SMILES string of the molecule is CCCc1ccc(OCC(N)c2ccccc2)cc1. The molecule has 2 N–H and O–H groups in total. The second-order valence-corrected chi connectivity index (χ2v) is 4.72. The zero-order valence-electron chi connectivity index (χ0n) is 11.4. The summed E-state index contributed by atoms with van der Waals surface area (Å²) in [4.78, 5) is 0. The summed E-state index contributed by atoms with van der Waals surface area (Å²) in [5.74, 6) is 0.881. The highest BCUT2D eigenvalue weighted by Gasteiger charge is 2.06. The summed E-state index contributed by atoms with van der Waals surface area (Å²) in [6.07, 6.45) is 2.28. The molecule has 0 heterocycles. The van der Waals surface area contributed by atoms with Crippen molar-refractivity contribution in [3.05, 3.63) is 65.7 Å². The number of rotatable bonds is 6. The van der Waals surface area contributed by atoms with Gasteiger partial charge in [-0.1, -0.05) is 55.8 Å². The first-order valence-corrected chi connectivity index (χ1v) is 6.82. The van der Waals surface area contributed by atoms with E-state index in [-0.39, 0.29) is 6.04 Å². The second-order valence-electron chi connectivity index (χ2n) is 4.72.